The van der Waals surface area contributed by atoms with Crippen molar-refractivity contribution in [3.8, 4) is 0 Å². The van der Waals surface area contributed by atoms with Crippen LogP contribution in [0.5, 0.6) is 0 Å². The van der Waals surface area contributed by atoms with Gasteiger partial charge in [-0.05, 0) is 61.5 Å². The fourth-order valence-corrected chi connectivity index (χ4v) is 3.50. The number of hydrogen-bond donors (Lipinski definition) is 2. The number of anilines is 1. The van der Waals surface area contributed by atoms with E-state index in [9.17, 15) is 18.0 Å². The molecule has 0 radical (unpaired) electrons. The van der Waals surface area contributed by atoms with E-state index < -0.39 is 15.9 Å². The third-order valence-corrected chi connectivity index (χ3v) is 5.37. The molecule has 2 aromatic carbocycles. The first-order valence-corrected chi connectivity index (χ1v) is 9.88. The summed E-state index contributed by atoms with van der Waals surface area (Å²) in [5.74, 6) is -0.0528. The number of Topliss-reactive ketones (excluding diaryl/α,β-unsaturated/α-hetero) is 1. The van der Waals surface area contributed by atoms with E-state index in [1.54, 1.807) is 36.4 Å². The molecular weight excluding hydrogens is 380 g/mol. The molecule has 0 saturated carbocycles. The molecule has 0 bridgehead atoms. The number of nitrogens with one attached hydrogen (secondary N) is 2. The Morgan fingerprint density at radius 2 is 1.71 bits per heavy atom. The first-order chi connectivity index (χ1) is 13.3. The first-order valence-electron chi connectivity index (χ1n) is 8.39. The van der Waals surface area contributed by atoms with E-state index in [4.69, 9.17) is 4.42 Å². The third-order valence-electron chi connectivity index (χ3n) is 3.97. The van der Waals surface area contributed by atoms with Crippen molar-refractivity contribution in [1.29, 1.82) is 0 Å². The number of rotatable bonds is 7. The number of sulfonamides is 1. The largest absolute Gasteiger partial charge is 0.468 e. The predicted octanol–water partition coefficient (Wildman–Crippen LogP) is 3.21. The van der Waals surface area contributed by atoms with Crippen molar-refractivity contribution < 1.29 is 22.4 Å². The van der Waals surface area contributed by atoms with E-state index in [0.29, 0.717) is 17.0 Å². The van der Waals surface area contributed by atoms with Crippen LogP contribution in [0, 0.1) is 0 Å². The third kappa shape index (κ3) is 4.73. The summed E-state index contributed by atoms with van der Waals surface area (Å²) in [6.45, 7) is 1.47. The molecule has 3 aromatic rings. The maximum Gasteiger partial charge on any atom is 0.255 e. The zero-order chi connectivity index (χ0) is 20.1. The van der Waals surface area contributed by atoms with Crippen molar-refractivity contribution in [2.24, 2.45) is 0 Å². The highest BCUT2D eigenvalue weighted by Crippen LogP contribution is 2.15. The molecule has 0 atom stereocenters. The maximum atomic E-state index is 12.4. The van der Waals surface area contributed by atoms with E-state index in [2.05, 4.69) is 10.0 Å². The zero-order valence-electron chi connectivity index (χ0n) is 15.0. The lowest BCUT2D eigenvalue weighted by molar-refractivity contribution is 0.101. The van der Waals surface area contributed by atoms with Crippen molar-refractivity contribution in [3.63, 3.8) is 0 Å². The second-order valence-corrected chi connectivity index (χ2v) is 7.79. The van der Waals surface area contributed by atoms with Crippen LogP contribution in [0.4, 0.5) is 5.69 Å². The summed E-state index contributed by atoms with van der Waals surface area (Å²) in [5.41, 5.74) is 1.23. The van der Waals surface area contributed by atoms with Gasteiger partial charge >= 0.3 is 0 Å². The molecule has 0 unspecified atom stereocenters. The second kappa shape index (κ2) is 8.20. The molecule has 0 aliphatic carbocycles. The van der Waals surface area contributed by atoms with Gasteiger partial charge in [0, 0.05) is 16.8 Å². The summed E-state index contributed by atoms with van der Waals surface area (Å²) in [5, 5.41) is 2.68. The molecule has 144 valence electrons. The standard InChI is InChI=1S/C20H18N2O5S/c1-14(23)15-7-9-17(10-8-15)22-20(24)16-4-2-6-19(12-16)28(25,26)21-13-18-5-3-11-27-18/h2-12,21H,13H2,1H3,(H,22,24). The van der Waals surface area contributed by atoms with Crippen LogP contribution in [0.25, 0.3) is 0 Å². The number of carbonyl (C=O) groups excluding carboxylic acids is 2. The minimum absolute atomic E-state index is 0.00819. The van der Waals surface area contributed by atoms with Crippen molar-refractivity contribution >= 4 is 27.4 Å². The van der Waals surface area contributed by atoms with E-state index in [1.165, 1.54) is 37.5 Å². The minimum atomic E-state index is -3.81. The second-order valence-electron chi connectivity index (χ2n) is 6.02. The van der Waals surface area contributed by atoms with Crippen molar-refractivity contribution in [2.45, 2.75) is 18.4 Å². The van der Waals surface area contributed by atoms with Gasteiger partial charge in [-0.2, -0.15) is 0 Å². The highest BCUT2D eigenvalue weighted by atomic mass is 32.2. The van der Waals surface area contributed by atoms with Crippen LogP contribution in [0.15, 0.2) is 76.2 Å². The molecule has 8 heteroatoms. The highest BCUT2D eigenvalue weighted by molar-refractivity contribution is 7.89. The van der Waals surface area contributed by atoms with Crippen LogP contribution >= 0.6 is 0 Å². The van der Waals surface area contributed by atoms with Gasteiger partial charge in [-0.3, -0.25) is 9.59 Å². The lowest BCUT2D eigenvalue weighted by atomic mass is 10.1. The summed E-state index contributed by atoms with van der Waals surface area (Å²) >= 11 is 0. The Balaban J connectivity index is 1.72. The summed E-state index contributed by atoms with van der Waals surface area (Å²) in [6.07, 6.45) is 1.46. The quantitative estimate of drug-likeness (QED) is 0.595. The van der Waals surface area contributed by atoms with Crippen LogP contribution < -0.4 is 10.0 Å². The fraction of sp³-hybridized carbons (Fsp3) is 0.100. The van der Waals surface area contributed by atoms with Gasteiger partial charge in [0.1, 0.15) is 5.76 Å². The summed E-state index contributed by atoms with van der Waals surface area (Å²) in [4.78, 5) is 23.7. The van der Waals surface area contributed by atoms with Gasteiger partial charge in [0.2, 0.25) is 10.0 Å². The number of benzene rings is 2. The van der Waals surface area contributed by atoms with Gasteiger partial charge in [-0.1, -0.05) is 6.07 Å². The maximum absolute atomic E-state index is 12.4. The lowest BCUT2D eigenvalue weighted by Gasteiger charge is -2.09. The normalized spacial score (nSPS) is 11.2. The van der Waals surface area contributed by atoms with Gasteiger partial charge < -0.3 is 9.73 Å². The van der Waals surface area contributed by atoms with Crippen LogP contribution in [-0.4, -0.2) is 20.1 Å². The summed E-state index contributed by atoms with van der Waals surface area (Å²) in [7, 11) is -3.81. The molecule has 2 N–H and O–H groups in total. The average molecular weight is 398 g/mol. The SMILES string of the molecule is CC(=O)c1ccc(NC(=O)c2cccc(S(=O)(=O)NCc3ccco3)c2)cc1. The van der Waals surface area contributed by atoms with E-state index in [0.717, 1.165) is 0 Å². The Bertz CT molecular complexity index is 1090. The molecule has 3 rings (SSSR count). The number of hydrogen-bond acceptors (Lipinski definition) is 5. The predicted molar refractivity (Wildman–Crippen MR) is 104 cm³/mol. The Morgan fingerprint density at radius 1 is 0.964 bits per heavy atom. The molecule has 1 heterocycles. The van der Waals surface area contributed by atoms with Crippen molar-refractivity contribution in [3.05, 3.63) is 83.8 Å². The molecule has 0 aliphatic heterocycles. The molecule has 1 aromatic heterocycles. The molecule has 0 fully saturated rings. The van der Waals surface area contributed by atoms with Crippen molar-refractivity contribution in [2.75, 3.05) is 5.32 Å². The molecule has 1 amide bonds. The Morgan fingerprint density at radius 3 is 2.36 bits per heavy atom. The number of ketones is 1. The van der Waals surface area contributed by atoms with Gasteiger partial charge in [0.25, 0.3) is 5.91 Å². The monoisotopic (exact) mass is 398 g/mol. The van der Waals surface area contributed by atoms with E-state index >= 15 is 0 Å². The highest BCUT2D eigenvalue weighted by Gasteiger charge is 2.17. The van der Waals surface area contributed by atoms with Gasteiger partial charge in [-0.15, -0.1) is 0 Å². The van der Waals surface area contributed by atoms with Gasteiger partial charge in [-0.25, -0.2) is 13.1 Å². The molecule has 28 heavy (non-hydrogen) atoms. The fourth-order valence-electron chi connectivity index (χ4n) is 2.46. The Hall–Kier alpha value is -3.23. The topological polar surface area (TPSA) is 105 Å². The molecule has 0 aliphatic rings. The van der Waals surface area contributed by atoms with Gasteiger partial charge in [0.15, 0.2) is 5.78 Å². The number of amides is 1. The average Bonchev–Trinajstić information content (AvgIpc) is 3.21. The van der Waals surface area contributed by atoms with E-state index in [1.807, 2.05) is 0 Å². The lowest BCUT2D eigenvalue weighted by Crippen LogP contribution is -2.23. The first kappa shape index (κ1) is 19.5. The van der Waals surface area contributed by atoms with Crippen LogP contribution in [0.3, 0.4) is 0 Å². The summed E-state index contributed by atoms with van der Waals surface area (Å²) < 4.78 is 32.4. The Kier molecular flexibility index (Phi) is 5.72. The van der Waals surface area contributed by atoms with Crippen LogP contribution in [0.2, 0.25) is 0 Å². The smallest absolute Gasteiger partial charge is 0.255 e. The van der Waals surface area contributed by atoms with Crippen LogP contribution in [0.1, 0.15) is 33.4 Å². The summed E-state index contributed by atoms with van der Waals surface area (Å²) in [6, 6.07) is 15.5. The molecule has 7 nitrogen and oxygen atoms in total. The van der Waals surface area contributed by atoms with Crippen LogP contribution in [-0.2, 0) is 16.6 Å². The molecular formula is C20H18N2O5S. The zero-order valence-corrected chi connectivity index (χ0v) is 15.8. The van der Waals surface area contributed by atoms with Crippen molar-refractivity contribution in [1.82, 2.24) is 4.72 Å². The number of furan rings is 1. The number of carbonyl (C=O) groups is 2. The molecule has 0 saturated heterocycles. The Labute approximate surface area is 162 Å². The molecule has 0 spiro atoms. The van der Waals surface area contributed by atoms with E-state index in [-0.39, 0.29) is 22.8 Å². The minimum Gasteiger partial charge on any atom is -0.468 e. The van der Waals surface area contributed by atoms with Gasteiger partial charge in [0.05, 0.1) is 17.7 Å².